The highest BCUT2D eigenvalue weighted by Gasteiger charge is 2.38. The molecule has 0 spiro atoms. The van der Waals surface area contributed by atoms with E-state index in [4.69, 9.17) is 9.90 Å². The summed E-state index contributed by atoms with van der Waals surface area (Å²) in [4.78, 5) is 20.2. The van der Waals surface area contributed by atoms with Crippen LogP contribution in [-0.4, -0.2) is 85.2 Å². The summed E-state index contributed by atoms with van der Waals surface area (Å²) in [6.07, 6.45) is -2.58. The van der Waals surface area contributed by atoms with Crippen LogP contribution in [-0.2, 0) is 37.8 Å². The number of sulfonamides is 2. The third-order valence-corrected chi connectivity index (χ3v) is 12.6. The first-order chi connectivity index (χ1) is 20.6. The molecule has 44 heavy (non-hydrogen) atoms. The van der Waals surface area contributed by atoms with Crippen molar-refractivity contribution in [1.82, 2.24) is 19.2 Å². The minimum absolute atomic E-state index is 0.132. The molecule has 3 aromatic heterocycles. The van der Waals surface area contributed by atoms with Gasteiger partial charge in [-0.05, 0) is 42.5 Å². The number of halogens is 3. The predicted octanol–water partition coefficient (Wildman–Crippen LogP) is 4.82. The van der Waals surface area contributed by atoms with E-state index < -0.39 is 32.2 Å². The van der Waals surface area contributed by atoms with Gasteiger partial charge in [-0.1, -0.05) is 19.1 Å². The number of carboxylic acid groups (broad SMARTS) is 1. The van der Waals surface area contributed by atoms with Crippen LogP contribution in [0.3, 0.4) is 0 Å². The number of nitrogens with zero attached hydrogens (tertiary/aromatic N) is 3. The number of thiophene rings is 1. The fourth-order valence-electron chi connectivity index (χ4n) is 4.44. The molecule has 0 unspecified atom stereocenters. The van der Waals surface area contributed by atoms with E-state index in [1.807, 2.05) is 37.4 Å². The quantitative estimate of drug-likeness (QED) is 0.226. The molecule has 4 aromatic rings. The highest BCUT2D eigenvalue weighted by atomic mass is 32.2. The van der Waals surface area contributed by atoms with Gasteiger partial charge in [-0.2, -0.15) is 17.5 Å². The lowest BCUT2D eigenvalue weighted by atomic mass is 10.2. The summed E-state index contributed by atoms with van der Waals surface area (Å²) in [7, 11) is -6.84. The molecule has 18 heteroatoms. The van der Waals surface area contributed by atoms with Crippen molar-refractivity contribution in [3.05, 3.63) is 52.3 Å². The molecule has 1 saturated heterocycles. The highest BCUT2D eigenvalue weighted by molar-refractivity contribution is 7.94. The smallest absolute Gasteiger partial charge is 0.475 e. The van der Waals surface area contributed by atoms with Crippen LogP contribution in [0.4, 0.5) is 18.9 Å². The van der Waals surface area contributed by atoms with E-state index in [1.54, 1.807) is 34.0 Å². The molecule has 11 nitrogen and oxygen atoms in total. The number of hydrogen-bond donors (Lipinski definition) is 3. The largest absolute Gasteiger partial charge is 0.490 e. The topological polar surface area (TPSA) is 153 Å². The Labute approximate surface area is 260 Å². The average molecular weight is 694 g/mol. The van der Waals surface area contributed by atoms with Crippen molar-refractivity contribution < 1.29 is 39.9 Å². The summed E-state index contributed by atoms with van der Waals surface area (Å²) in [5.74, 6) is -2.63. The molecule has 0 radical (unpaired) electrons. The molecule has 3 N–H and O–H groups in total. The number of H-pyrrole nitrogens is 1. The van der Waals surface area contributed by atoms with Crippen molar-refractivity contribution in [2.24, 2.45) is 0 Å². The molecule has 1 fully saturated rings. The summed E-state index contributed by atoms with van der Waals surface area (Å²) in [5.41, 5.74) is 2.83. The standard InChI is InChI=1S/C24H29N5O4S4.C2HF3O2/c1-3-17-8-13-34-24(17)37(32,33)27-20-7-5-6-18-14-21(26-22(18)20)23-25-15-19(35-23)16-28-9-11-29(12-10-28)36(30,31)4-2;3-2(4,5)1(6)7/h5-8,13-15,26-27H,3-4,9-12,16H2,1-2H3;(H,6,7). The number of aromatic nitrogens is 2. The molecule has 1 aliphatic rings. The number of aryl methyl sites for hydroxylation is 1. The van der Waals surface area contributed by atoms with Gasteiger partial charge >= 0.3 is 12.1 Å². The fourth-order valence-corrected chi connectivity index (χ4v) is 9.08. The van der Waals surface area contributed by atoms with Crippen LogP contribution in [0.15, 0.2) is 46.1 Å². The van der Waals surface area contributed by atoms with Crippen molar-refractivity contribution >= 4 is 65.3 Å². The van der Waals surface area contributed by atoms with E-state index in [9.17, 15) is 30.0 Å². The second-order valence-electron chi connectivity index (χ2n) is 9.66. The van der Waals surface area contributed by atoms with E-state index in [-0.39, 0.29) is 5.75 Å². The van der Waals surface area contributed by atoms with Crippen molar-refractivity contribution in [3.8, 4) is 10.7 Å². The number of benzene rings is 1. The van der Waals surface area contributed by atoms with Crippen LogP contribution in [0.2, 0.25) is 0 Å². The molecule has 0 saturated carbocycles. The van der Waals surface area contributed by atoms with Gasteiger partial charge in [0.05, 0.1) is 22.7 Å². The van der Waals surface area contributed by atoms with E-state index in [0.29, 0.717) is 54.6 Å². The maximum Gasteiger partial charge on any atom is 0.490 e. The van der Waals surface area contributed by atoms with Gasteiger partial charge in [0.1, 0.15) is 9.22 Å². The van der Waals surface area contributed by atoms with Crippen LogP contribution in [0.5, 0.6) is 0 Å². The number of thiazole rings is 1. The first-order valence-corrected chi connectivity index (χ1v) is 18.1. The van der Waals surface area contributed by atoms with Gasteiger partial charge in [0.15, 0.2) is 0 Å². The van der Waals surface area contributed by atoms with Gasteiger partial charge in [-0.15, -0.1) is 22.7 Å². The zero-order valence-corrected chi connectivity index (χ0v) is 26.9. The zero-order chi connectivity index (χ0) is 32.3. The number of alkyl halides is 3. The Bertz CT molecular complexity index is 1830. The van der Waals surface area contributed by atoms with E-state index in [1.165, 1.54) is 11.3 Å². The average Bonchev–Trinajstić information content (AvgIpc) is 3.73. The maximum absolute atomic E-state index is 13.1. The summed E-state index contributed by atoms with van der Waals surface area (Å²) in [6, 6.07) is 9.35. The Balaban J connectivity index is 0.000000566. The number of fused-ring (bicyclic) bond motifs is 1. The molecule has 1 aliphatic heterocycles. The van der Waals surface area contributed by atoms with Gasteiger partial charge in [0, 0.05) is 49.2 Å². The van der Waals surface area contributed by atoms with Crippen LogP contribution < -0.4 is 4.72 Å². The number of piperazine rings is 1. The number of para-hydroxylation sites is 1. The monoisotopic (exact) mass is 693 g/mol. The third kappa shape index (κ3) is 7.97. The molecule has 0 atom stereocenters. The van der Waals surface area contributed by atoms with E-state index in [0.717, 1.165) is 26.5 Å². The van der Waals surface area contributed by atoms with Crippen molar-refractivity contribution in [2.75, 3.05) is 36.7 Å². The molecule has 0 bridgehead atoms. The van der Waals surface area contributed by atoms with Crippen molar-refractivity contribution in [2.45, 2.75) is 37.2 Å². The predicted molar refractivity (Wildman–Crippen MR) is 164 cm³/mol. The third-order valence-electron chi connectivity index (χ3n) is 6.73. The number of rotatable bonds is 9. The Morgan fingerprint density at radius 1 is 1.11 bits per heavy atom. The first kappa shape index (κ1) is 33.9. The fraction of sp³-hybridized carbons (Fsp3) is 0.385. The number of carboxylic acids is 1. The number of aromatic amines is 1. The van der Waals surface area contributed by atoms with Gasteiger partial charge < -0.3 is 10.1 Å². The Kier molecular flexibility index (Phi) is 10.4. The molecule has 5 rings (SSSR count). The van der Waals surface area contributed by atoms with Crippen molar-refractivity contribution in [1.29, 1.82) is 0 Å². The Morgan fingerprint density at radius 2 is 1.80 bits per heavy atom. The second kappa shape index (κ2) is 13.5. The number of carbonyl (C=O) groups is 1. The summed E-state index contributed by atoms with van der Waals surface area (Å²) < 4.78 is 86.8. The molecule has 1 aromatic carbocycles. The summed E-state index contributed by atoms with van der Waals surface area (Å²) >= 11 is 2.80. The lowest BCUT2D eigenvalue weighted by Crippen LogP contribution is -2.48. The number of nitrogens with one attached hydrogen (secondary N) is 2. The van der Waals surface area contributed by atoms with Gasteiger partial charge in [-0.25, -0.2) is 26.6 Å². The maximum atomic E-state index is 13.1. The Morgan fingerprint density at radius 3 is 2.41 bits per heavy atom. The highest BCUT2D eigenvalue weighted by Crippen LogP contribution is 2.33. The van der Waals surface area contributed by atoms with Crippen LogP contribution >= 0.6 is 22.7 Å². The van der Waals surface area contributed by atoms with Crippen molar-refractivity contribution in [3.63, 3.8) is 0 Å². The van der Waals surface area contributed by atoms with Gasteiger partial charge in [0.2, 0.25) is 10.0 Å². The number of hydrogen-bond acceptors (Lipinski definition) is 9. The molecular formula is C26H30F3N5O6S4. The molecular weight excluding hydrogens is 664 g/mol. The van der Waals surface area contributed by atoms with E-state index in [2.05, 4.69) is 19.6 Å². The second-order valence-corrected chi connectivity index (χ2v) is 15.8. The van der Waals surface area contributed by atoms with Gasteiger partial charge in [0.25, 0.3) is 10.0 Å². The van der Waals surface area contributed by atoms with Crippen LogP contribution in [0.25, 0.3) is 21.6 Å². The number of aliphatic carboxylic acids is 1. The molecule has 4 heterocycles. The number of anilines is 1. The van der Waals surface area contributed by atoms with E-state index >= 15 is 0 Å². The molecule has 0 amide bonds. The zero-order valence-electron chi connectivity index (χ0n) is 23.6. The first-order valence-electron chi connectivity index (χ1n) is 13.3. The molecule has 0 aliphatic carbocycles. The normalized spacial score (nSPS) is 15.2. The minimum atomic E-state index is -5.08. The summed E-state index contributed by atoms with van der Waals surface area (Å²) in [6.45, 7) is 6.72. The lowest BCUT2D eigenvalue weighted by Gasteiger charge is -2.33. The van der Waals surface area contributed by atoms with Crippen LogP contribution in [0.1, 0.15) is 24.3 Å². The Hall–Kier alpha value is -3.03. The minimum Gasteiger partial charge on any atom is -0.475 e. The van der Waals surface area contributed by atoms with Gasteiger partial charge in [-0.3, -0.25) is 9.62 Å². The SMILES string of the molecule is CCc1ccsc1S(=O)(=O)Nc1cccc2cc(-c3ncc(CN4CCN(S(=O)(=O)CC)CC4)s3)[nH]c12.O=C(O)C(F)(F)F. The lowest BCUT2D eigenvalue weighted by molar-refractivity contribution is -0.192. The summed E-state index contributed by atoms with van der Waals surface area (Å²) in [5, 5.41) is 10.6. The molecule has 240 valence electrons. The van der Waals surface area contributed by atoms with Crippen LogP contribution in [0, 0.1) is 0 Å².